The summed E-state index contributed by atoms with van der Waals surface area (Å²) in [6.45, 7) is 2.14. The summed E-state index contributed by atoms with van der Waals surface area (Å²) in [5.74, 6) is 0.319. The van der Waals surface area contributed by atoms with E-state index in [2.05, 4.69) is 5.09 Å². The summed E-state index contributed by atoms with van der Waals surface area (Å²) < 4.78 is 22.5. The zero-order valence-corrected chi connectivity index (χ0v) is 18.4. The summed E-state index contributed by atoms with van der Waals surface area (Å²) in [5, 5.41) is 13.3. The molecule has 9 heteroatoms. The Hall–Kier alpha value is -1.02. The zero-order chi connectivity index (χ0) is 20.7. The van der Waals surface area contributed by atoms with Crippen LogP contribution in [0.2, 0.25) is 0 Å². The highest BCUT2D eigenvalue weighted by Crippen LogP contribution is 2.46. The van der Waals surface area contributed by atoms with Crippen LogP contribution in [0.4, 0.5) is 0 Å². The van der Waals surface area contributed by atoms with Crippen molar-refractivity contribution in [2.75, 3.05) is 13.7 Å². The maximum Gasteiger partial charge on any atom is 0.323 e. The van der Waals surface area contributed by atoms with E-state index < -0.39 is 30.9 Å². The number of nitrogens with one attached hydrogen (secondary N) is 1. The summed E-state index contributed by atoms with van der Waals surface area (Å²) in [6.07, 6.45) is 0.581. The zero-order valence-electron chi connectivity index (χ0n) is 16.7. The minimum absolute atomic E-state index is 0.0528. The van der Waals surface area contributed by atoms with Gasteiger partial charge < -0.3 is 23.6 Å². The first-order valence-corrected chi connectivity index (χ1v) is 12.1. The van der Waals surface area contributed by atoms with E-state index in [1.165, 1.54) is 7.11 Å². The molecule has 0 aliphatic heterocycles. The minimum Gasteiger partial charge on any atom is -0.462 e. The van der Waals surface area contributed by atoms with Gasteiger partial charge in [-0.1, -0.05) is 18.2 Å². The monoisotopic (exact) mass is 431 g/mol. The van der Waals surface area contributed by atoms with Gasteiger partial charge in [-0.3, -0.25) is 4.79 Å². The van der Waals surface area contributed by atoms with Gasteiger partial charge in [-0.2, -0.15) is 0 Å². The molecule has 2 rings (SSSR count). The lowest BCUT2D eigenvalue weighted by molar-refractivity contribution is -0.149. The van der Waals surface area contributed by atoms with Gasteiger partial charge in [0.25, 0.3) is 0 Å². The number of esters is 1. The van der Waals surface area contributed by atoms with Crippen LogP contribution in [0.25, 0.3) is 0 Å². The number of para-hydroxylation sites is 1. The van der Waals surface area contributed by atoms with Gasteiger partial charge in [0.1, 0.15) is 17.9 Å². The summed E-state index contributed by atoms with van der Waals surface area (Å²) in [7, 11) is 1.53. The van der Waals surface area contributed by atoms with Gasteiger partial charge in [0, 0.05) is 7.11 Å². The molecule has 1 fully saturated rings. The summed E-state index contributed by atoms with van der Waals surface area (Å²) in [4.78, 5) is 12.2. The van der Waals surface area contributed by atoms with Gasteiger partial charge in [0.15, 0.2) is 0 Å². The van der Waals surface area contributed by atoms with E-state index in [0.29, 0.717) is 5.75 Å². The molecule has 1 aliphatic carbocycles. The van der Waals surface area contributed by atoms with Crippen LogP contribution >= 0.6 is 6.64 Å². The second-order valence-corrected chi connectivity index (χ2v) is 10.3. The number of benzene rings is 1. The first kappa shape index (κ1) is 23.3. The van der Waals surface area contributed by atoms with Crippen molar-refractivity contribution in [1.29, 1.82) is 0 Å². The van der Waals surface area contributed by atoms with E-state index in [0.717, 1.165) is 12.8 Å². The van der Waals surface area contributed by atoms with Crippen molar-refractivity contribution >= 4 is 24.4 Å². The lowest BCUT2D eigenvalue weighted by Crippen LogP contribution is -2.38. The third-order valence-electron chi connectivity index (χ3n) is 4.22. The van der Waals surface area contributed by atoms with Gasteiger partial charge in [0.05, 0.1) is 18.8 Å². The Balaban J connectivity index is 2.08. The lowest BCUT2D eigenvalue weighted by atomic mass is 10.1. The molecule has 0 saturated heterocycles. The SMILES string of the molecule is COC(COP(=S)(NC(C)C(=O)OC(C)C)Oc1ccccc1)[C@@H](O)C1CC1. The fraction of sp³-hybridized carbons (Fsp3) is 0.632. The average molecular weight is 431 g/mol. The predicted octanol–water partition coefficient (Wildman–Crippen LogP) is 3.02. The van der Waals surface area contributed by atoms with Crippen molar-refractivity contribution in [3.05, 3.63) is 30.3 Å². The Morgan fingerprint density at radius 3 is 2.46 bits per heavy atom. The highest BCUT2D eigenvalue weighted by atomic mass is 32.5. The van der Waals surface area contributed by atoms with E-state index >= 15 is 0 Å². The van der Waals surface area contributed by atoms with Crippen LogP contribution in [-0.2, 0) is 30.6 Å². The number of carbonyl (C=O) groups is 1. The fourth-order valence-corrected chi connectivity index (χ4v) is 4.97. The summed E-state index contributed by atoms with van der Waals surface area (Å²) in [6, 6.07) is 8.30. The highest BCUT2D eigenvalue weighted by Gasteiger charge is 2.37. The predicted molar refractivity (Wildman–Crippen MR) is 111 cm³/mol. The van der Waals surface area contributed by atoms with Crippen molar-refractivity contribution in [1.82, 2.24) is 5.09 Å². The normalized spacial score (nSPS) is 19.5. The van der Waals surface area contributed by atoms with Crippen molar-refractivity contribution < 1.29 is 28.4 Å². The second-order valence-electron chi connectivity index (χ2n) is 7.14. The Labute approximate surface area is 171 Å². The molecule has 3 unspecified atom stereocenters. The molecule has 4 atom stereocenters. The number of hydrogen-bond donors (Lipinski definition) is 2. The Bertz CT molecular complexity index is 670. The number of hydrogen-bond acceptors (Lipinski definition) is 7. The maximum atomic E-state index is 12.2. The third kappa shape index (κ3) is 7.43. The first-order chi connectivity index (χ1) is 13.2. The van der Waals surface area contributed by atoms with Gasteiger partial charge in [-0.05, 0) is 63.5 Å². The maximum absolute atomic E-state index is 12.2. The topological polar surface area (TPSA) is 86.3 Å². The van der Waals surface area contributed by atoms with Crippen molar-refractivity contribution in [3.63, 3.8) is 0 Å². The Morgan fingerprint density at radius 2 is 1.93 bits per heavy atom. The van der Waals surface area contributed by atoms with Crippen LogP contribution in [0, 0.1) is 5.92 Å². The van der Waals surface area contributed by atoms with E-state index in [4.69, 9.17) is 30.3 Å². The van der Waals surface area contributed by atoms with Crippen LogP contribution < -0.4 is 9.61 Å². The highest BCUT2D eigenvalue weighted by molar-refractivity contribution is 8.09. The lowest BCUT2D eigenvalue weighted by Gasteiger charge is -2.29. The Kier molecular flexibility index (Phi) is 8.86. The fourth-order valence-electron chi connectivity index (χ4n) is 2.55. The van der Waals surface area contributed by atoms with Crippen LogP contribution in [0.15, 0.2) is 30.3 Å². The molecule has 28 heavy (non-hydrogen) atoms. The number of carbonyl (C=O) groups excluding carboxylic acids is 1. The molecule has 0 amide bonds. The van der Waals surface area contributed by atoms with E-state index in [-0.39, 0.29) is 18.6 Å². The molecule has 1 aliphatic rings. The molecule has 0 bridgehead atoms. The van der Waals surface area contributed by atoms with E-state index in [9.17, 15) is 9.90 Å². The molecule has 1 aromatic carbocycles. The number of rotatable bonds is 12. The molecular weight excluding hydrogens is 401 g/mol. The van der Waals surface area contributed by atoms with Crippen molar-refractivity contribution in [2.24, 2.45) is 5.92 Å². The molecule has 0 spiro atoms. The average Bonchev–Trinajstić information content (AvgIpc) is 3.47. The molecule has 7 nitrogen and oxygen atoms in total. The summed E-state index contributed by atoms with van der Waals surface area (Å²) in [5.41, 5.74) is 0. The minimum atomic E-state index is -3.12. The van der Waals surface area contributed by atoms with Gasteiger partial charge in [0.2, 0.25) is 0 Å². The Morgan fingerprint density at radius 1 is 1.29 bits per heavy atom. The van der Waals surface area contributed by atoms with E-state index in [1.807, 2.05) is 18.2 Å². The van der Waals surface area contributed by atoms with Crippen molar-refractivity contribution in [3.8, 4) is 5.75 Å². The largest absolute Gasteiger partial charge is 0.462 e. The molecule has 1 aromatic rings. The third-order valence-corrected chi connectivity index (χ3v) is 6.72. The number of aliphatic hydroxyl groups is 1. The standard InChI is InChI=1S/C19H30NO6PS/c1-13(2)25-19(22)14(3)20-27(28,26-16-8-6-5-7-9-16)24-12-17(23-4)18(21)15-10-11-15/h5-9,13-15,17-18,21H,10-12H2,1-4H3,(H,20,28)/t14?,17?,18-,27?/m0/s1. The van der Waals surface area contributed by atoms with Crippen LogP contribution in [0.3, 0.4) is 0 Å². The van der Waals surface area contributed by atoms with Gasteiger partial charge in [-0.15, -0.1) is 0 Å². The van der Waals surface area contributed by atoms with E-state index in [1.54, 1.807) is 32.9 Å². The number of ether oxygens (including phenoxy) is 2. The smallest absolute Gasteiger partial charge is 0.323 e. The van der Waals surface area contributed by atoms with Crippen molar-refractivity contribution in [2.45, 2.75) is 58.0 Å². The molecule has 0 heterocycles. The molecule has 0 radical (unpaired) electrons. The first-order valence-electron chi connectivity index (χ1n) is 9.42. The van der Waals surface area contributed by atoms with Gasteiger partial charge >= 0.3 is 12.6 Å². The molecule has 2 N–H and O–H groups in total. The quantitative estimate of drug-likeness (QED) is 0.386. The molecule has 1 saturated carbocycles. The molecular formula is C19H30NO6PS. The molecule has 158 valence electrons. The second kappa shape index (κ2) is 10.7. The van der Waals surface area contributed by atoms with Crippen LogP contribution in [0.1, 0.15) is 33.6 Å². The number of methoxy groups -OCH3 is 1. The van der Waals surface area contributed by atoms with Crippen LogP contribution in [-0.4, -0.2) is 49.1 Å². The van der Waals surface area contributed by atoms with Crippen LogP contribution in [0.5, 0.6) is 5.75 Å². The summed E-state index contributed by atoms with van der Waals surface area (Å²) >= 11 is 5.64. The molecule has 0 aromatic heterocycles. The van der Waals surface area contributed by atoms with Gasteiger partial charge in [-0.25, -0.2) is 5.09 Å². The number of aliphatic hydroxyl groups excluding tert-OH is 1.